The Morgan fingerprint density at radius 1 is 1.07 bits per heavy atom. The highest BCUT2D eigenvalue weighted by atomic mass is 35.5. The molecule has 11 nitrogen and oxygen atoms in total. The van der Waals surface area contributed by atoms with Crippen LogP contribution in [0.15, 0.2) is 42.5 Å². The molecule has 2 aliphatic rings. The highest BCUT2D eigenvalue weighted by Gasteiger charge is 2.37. The fraction of sp³-hybridized carbons (Fsp3) is 0.516. The van der Waals surface area contributed by atoms with E-state index in [-0.39, 0.29) is 19.6 Å². The summed E-state index contributed by atoms with van der Waals surface area (Å²) in [4.78, 5) is 48.6. The summed E-state index contributed by atoms with van der Waals surface area (Å²) in [7, 11) is 0. The van der Waals surface area contributed by atoms with E-state index in [1.165, 1.54) is 16.7 Å². The van der Waals surface area contributed by atoms with Gasteiger partial charge in [0.15, 0.2) is 0 Å². The van der Waals surface area contributed by atoms with Gasteiger partial charge in [-0.05, 0) is 50.6 Å². The maximum absolute atomic E-state index is 13.5. The molecule has 2 N–H and O–H groups in total. The second kappa shape index (κ2) is 16.7. The molecule has 45 heavy (non-hydrogen) atoms. The Bertz CT molecular complexity index is 1290. The van der Waals surface area contributed by atoms with Crippen LogP contribution in [0.5, 0.6) is 5.75 Å². The van der Waals surface area contributed by atoms with Gasteiger partial charge in [0.2, 0.25) is 5.91 Å². The third-order valence-electron chi connectivity index (χ3n) is 7.06. The number of hydrogen-bond donors (Lipinski definition) is 2. The van der Waals surface area contributed by atoms with E-state index in [2.05, 4.69) is 15.7 Å². The van der Waals surface area contributed by atoms with E-state index in [0.29, 0.717) is 52.7 Å². The van der Waals surface area contributed by atoms with Crippen LogP contribution < -0.4 is 15.5 Å². The third kappa shape index (κ3) is 10.9. The Hall–Kier alpha value is -2.74. The van der Waals surface area contributed by atoms with Crippen molar-refractivity contribution in [2.75, 3.05) is 51.1 Å². The quantitative estimate of drug-likeness (QED) is 0.316. The van der Waals surface area contributed by atoms with Gasteiger partial charge in [-0.15, -0.1) is 11.8 Å². The standard InChI is InChI=1S/C31H40Cl2N4O7S/c1-31(2,3)44-35-28(38)26(17-21-7-9-22(10-8-21)43-18-23-24(32)5-4-6-25(23)33)34-29(39)27-19-45-20-37(27)30(40)42-16-13-36-11-14-41-15-12-36/h4-10,26-27H,11-20H2,1-3H3,(H,34,39)(H,35,38)/t26-,27?/m0/s1. The zero-order valence-electron chi connectivity index (χ0n) is 25.7. The normalized spacial score (nSPS) is 17.9. The lowest BCUT2D eigenvalue weighted by Crippen LogP contribution is -2.55. The van der Waals surface area contributed by atoms with E-state index in [1.54, 1.807) is 51.1 Å². The van der Waals surface area contributed by atoms with Gasteiger partial charge in [0.25, 0.3) is 5.91 Å². The van der Waals surface area contributed by atoms with E-state index in [9.17, 15) is 14.4 Å². The van der Waals surface area contributed by atoms with Gasteiger partial charge in [-0.2, -0.15) is 0 Å². The number of amides is 3. The summed E-state index contributed by atoms with van der Waals surface area (Å²) in [6.07, 6.45) is -0.384. The first-order valence-corrected chi connectivity index (χ1v) is 16.7. The second-order valence-electron chi connectivity index (χ2n) is 11.6. The molecule has 2 aliphatic heterocycles. The third-order valence-corrected chi connectivity index (χ3v) is 8.78. The number of benzene rings is 2. The summed E-state index contributed by atoms with van der Waals surface area (Å²) in [5, 5.41) is 3.86. The smallest absolute Gasteiger partial charge is 0.411 e. The molecule has 4 rings (SSSR count). The molecule has 2 atom stereocenters. The number of thioether (sulfide) groups is 1. The lowest BCUT2D eigenvalue weighted by Gasteiger charge is -2.28. The van der Waals surface area contributed by atoms with Crippen molar-refractivity contribution in [3.8, 4) is 5.75 Å². The van der Waals surface area contributed by atoms with Crippen LogP contribution >= 0.6 is 35.0 Å². The Morgan fingerprint density at radius 2 is 1.76 bits per heavy atom. The first kappa shape index (κ1) is 35.1. The van der Waals surface area contributed by atoms with Gasteiger partial charge in [-0.1, -0.05) is 41.4 Å². The number of nitrogens with one attached hydrogen (secondary N) is 2. The minimum Gasteiger partial charge on any atom is -0.489 e. The van der Waals surface area contributed by atoms with Crippen molar-refractivity contribution in [2.24, 2.45) is 0 Å². The first-order chi connectivity index (χ1) is 21.5. The van der Waals surface area contributed by atoms with Crippen molar-refractivity contribution in [2.45, 2.75) is 51.5 Å². The summed E-state index contributed by atoms with van der Waals surface area (Å²) >= 11 is 13.9. The van der Waals surface area contributed by atoms with E-state index in [0.717, 1.165) is 18.7 Å². The van der Waals surface area contributed by atoms with Gasteiger partial charge >= 0.3 is 6.09 Å². The lowest BCUT2D eigenvalue weighted by molar-refractivity contribution is -0.149. The Morgan fingerprint density at radius 3 is 2.42 bits per heavy atom. The molecular formula is C31H40Cl2N4O7S. The van der Waals surface area contributed by atoms with Crippen LogP contribution in [-0.2, 0) is 36.9 Å². The minimum absolute atomic E-state index is 0.172. The van der Waals surface area contributed by atoms with E-state index in [4.69, 9.17) is 42.3 Å². The molecule has 1 unspecified atom stereocenters. The highest BCUT2D eigenvalue weighted by Crippen LogP contribution is 2.26. The van der Waals surface area contributed by atoms with Crippen molar-refractivity contribution in [1.82, 2.24) is 20.6 Å². The lowest BCUT2D eigenvalue weighted by atomic mass is 10.0. The molecule has 0 aromatic heterocycles. The largest absolute Gasteiger partial charge is 0.489 e. The molecular weight excluding hydrogens is 643 g/mol. The van der Waals surface area contributed by atoms with Gasteiger partial charge in [0, 0.05) is 47.4 Å². The van der Waals surface area contributed by atoms with Crippen molar-refractivity contribution in [3.05, 3.63) is 63.6 Å². The number of ether oxygens (including phenoxy) is 3. The van der Waals surface area contributed by atoms with E-state index >= 15 is 0 Å². The Kier molecular flexibility index (Phi) is 13.0. The first-order valence-electron chi connectivity index (χ1n) is 14.7. The van der Waals surface area contributed by atoms with Crippen molar-refractivity contribution >= 4 is 52.9 Å². The number of carbonyl (C=O) groups excluding carboxylic acids is 3. The highest BCUT2D eigenvalue weighted by molar-refractivity contribution is 7.99. The number of carbonyl (C=O) groups is 3. The second-order valence-corrected chi connectivity index (χ2v) is 13.4. The predicted octanol–water partition coefficient (Wildman–Crippen LogP) is 4.29. The minimum atomic E-state index is -0.974. The zero-order valence-corrected chi connectivity index (χ0v) is 28.0. The summed E-state index contributed by atoms with van der Waals surface area (Å²) in [5.74, 6) is 0.328. The number of hydrogen-bond acceptors (Lipinski definition) is 9. The van der Waals surface area contributed by atoms with Crippen LogP contribution in [0, 0.1) is 0 Å². The molecule has 0 spiro atoms. The van der Waals surface area contributed by atoms with Crippen LogP contribution in [0.1, 0.15) is 31.9 Å². The predicted molar refractivity (Wildman–Crippen MR) is 173 cm³/mol. The molecule has 2 aromatic rings. The Balaban J connectivity index is 1.37. The number of hydroxylamine groups is 1. The molecule has 14 heteroatoms. The van der Waals surface area contributed by atoms with Gasteiger partial charge in [-0.3, -0.25) is 24.2 Å². The van der Waals surface area contributed by atoms with Gasteiger partial charge in [-0.25, -0.2) is 10.3 Å². The molecule has 246 valence electrons. The molecule has 0 aliphatic carbocycles. The number of nitrogens with zero attached hydrogens (tertiary/aromatic N) is 2. The van der Waals surface area contributed by atoms with Crippen LogP contribution in [0.4, 0.5) is 4.79 Å². The molecule has 3 amide bonds. The van der Waals surface area contributed by atoms with Crippen molar-refractivity contribution in [1.29, 1.82) is 0 Å². The topological polar surface area (TPSA) is 119 Å². The molecule has 0 saturated carbocycles. The van der Waals surface area contributed by atoms with E-state index in [1.807, 2.05) is 12.1 Å². The van der Waals surface area contributed by atoms with Crippen molar-refractivity contribution in [3.63, 3.8) is 0 Å². The number of morpholine rings is 1. The Labute approximate surface area is 278 Å². The zero-order chi connectivity index (χ0) is 32.4. The molecule has 0 radical (unpaired) electrons. The molecule has 2 saturated heterocycles. The number of halogens is 2. The van der Waals surface area contributed by atoms with Gasteiger partial charge in [0.1, 0.15) is 31.0 Å². The van der Waals surface area contributed by atoms with E-state index < -0.39 is 35.6 Å². The molecule has 2 fully saturated rings. The maximum Gasteiger partial charge on any atom is 0.411 e. The summed E-state index contributed by atoms with van der Waals surface area (Å²) in [5.41, 5.74) is 3.28. The molecule has 2 aromatic carbocycles. The molecule has 2 heterocycles. The monoisotopic (exact) mass is 682 g/mol. The summed E-state index contributed by atoms with van der Waals surface area (Å²) in [6.45, 7) is 9.30. The summed E-state index contributed by atoms with van der Waals surface area (Å²) in [6, 6.07) is 10.7. The van der Waals surface area contributed by atoms with Crippen LogP contribution in [0.3, 0.4) is 0 Å². The molecule has 0 bridgehead atoms. The van der Waals surface area contributed by atoms with Gasteiger partial charge < -0.3 is 19.5 Å². The fourth-order valence-corrected chi connectivity index (χ4v) is 6.19. The average Bonchev–Trinajstić information content (AvgIpc) is 3.51. The van der Waals surface area contributed by atoms with Crippen LogP contribution in [0.25, 0.3) is 0 Å². The maximum atomic E-state index is 13.5. The van der Waals surface area contributed by atoms with Gasteiger partial charge in [0.05, 0.1) is 24.7 Å². The fourth-order valence-electron chi connectivity index (χ4n) is 4.54. The van der Waals surface area contributed by atoms with Crippen LogP contribution in [0.2, 0.25) is 10.0 Å². The average molecular weight is 684 g/mol. The van der Waals surface area contributed by atoms with Crippen molar-refractivity contribution < 1.29 is 33.4 Å². The SMILES string of the molecule is CC(C)(C)ONC(=O)[C@H](Cc1ccc(OCc2c(Cl)cccc2Cl)cc1)NC(=O)C1CSCN1C(=O)OCCN1CCOCC1. The number of rotatable bonds is 12. The summed E-state index contributed by atoms with van der Waals surface area (Å²) < 4.78 is 16.7. The van der Waals surface area contributed by atoms with Crippen LogP contribution in [-0.4, -0.2) is 96.5 Å².